The predicted octanol–water partition coefficient (Wildman–Crippen LogP) is 7.13. The fourth-order valence-corrected chi connectivity index (χ4v) is 3.79. The molecule has 0 heterocycles. The first-order valence-electron chi connectivity index (χ1n) is 9.25. The normalized spacial score (nSPS) is 11.9. The maximum atomic E-state index is 13.1. The Kier molecular flexibility index (Phi) is 11.4. The fourth-order valence-electron chi connectivity index (χ4n) is 2.80. The molecule has 168 valence electrons. The molecule has 2 N–H and O–H groups in total. The maximum absolute atomic E-state index is 13.1. The minimum atomic E-state index is -1.07. The standard InChI is InChI=1S/C14H14ClNO3.C9H6BrClFN/c1-4-10-9(5-6-12(16-3)13(10)15)7-11(8(2)17)14(18)19;1-13-8-3-2-7(12)6(4-5-10)9(8)11/h4-6,8,11,17H,1,7H2,2H3,(H,18,19);2-3H,4-5H2/t8-,11+;/m0./s1. The van der Waals surface area contributed by atoms with Crippen molar-refractivity contribution in [3.63, 3.8) is 0 Å². The van der Waals surface area contributed by atoms with E-state index in [9.17, 15) is 14.3 Å². The maximum Gasteiger partial charge on any atom is 0.309 e. The van der Waals surface area contributed by atoms with Crippen LogP contribution in [0.15, 0.2) is 30.8 Å². The molecule has 2 aromatic rings. The summed E-state index contributed by atoms with van der Waals surface area (Å²) >= 11 is 15.1. The van der Waals surface area contributed by atoms with Crippen LogP contribution in [0.25, 0.3) is 15.8 Å². The molecule has 0 amide bonds. The molecular formula is C23H20BrCl2FN2O3. The summed E-state index contributed by atoms with van der Waals surface area (Å²) in [4.78, 5) is 17.5. The first-order valence-corrected chi connectivity index (χ1v) is 11.1. The lowest BCUT2D eigenvalue weighted by Gasteiger charge is -2.17. The molecule has 0 unspecified atom stereocenters. The molecule has 0 aliphatic heterocycles. The Balaban J connectivity index is 0.000000343. The van der Waals surface area contributed by atoms with Crippen LogP contribution in [0.4, 0.5) is 15.8 Å². The Morgan fingerprint density at radius 3 is 2.25 bits per heavy atom. The van der Waals surface area contributed by atoms with E-state index in [1.54, 1.807) is 12.1 Å². The molecule has 2 aromatic carbocycles. The molecule has 32 heavy (non-hydrogen) atoms. The van der Waals surface area contributed by atoms with E-state index >= 15 is 0 Å². The van der Waals surface area contributed by atoms with Crippen LogP contribution < -0.4 is 0 Å². The monoisotopic (exact) mass is 540 g/mol. The van der Waals surface area contributed by atoms with E-state index in [4.69, 9.17) is 41.5 Å². The molecule has 0 fully saturated rings. The first-order chi connectivity index (χ1) is 15.1. The SMILES string of the molecule is [C-]#[N+]c1ccc(C[C@@H](C(=O)O)[C@H](C)O)c(C=C)c1Cl.[C-]#[N+]c1ccc(F)c(CCBr)c1Cl. The van der Waals surface area contributed by atoms with Gasteiger partial charge in [0.05, 0.1) is 35.2 Å². The highest BCUT2D eigenvalue weighted by Gasteiger charge is 2.25. The lowest BCUT2D eigenvalue weighted by Crippen LogP contribution is -2.27. The van der Waals surface area contributed by atoms with E-state index in [1.807, 2.05) is 0 Å². The van der Waals surface area contributed by atoms with Crippen LogP contribution in [0.5, 0.6) is 0 Å². The van der Waals surface area contributed by atoms with Gasteiger partial charge < -0.3 is 10.2 Å². The quantitative estimate of drug-likeness (QED) is 0.289. The van der Waals surface area contributed by atoms with E-state index in [2.05, 4.69) is 32.2 Å². The van der Waals surface area contributed by atoms with Crippen molar-refractivity contribution < 1.29 is 19.4 Å². The van der Waals surface area contributed by atoms with Crippen molar-refractivity contribution >= 4 is 62.6 Å². The van der Waals surface area contributed by atoms with Crippen molar-refractivity contribution in [3.05, 3.63) is 86.2 Å². The lowest BCUT2D eigenvalue weighted by atomic mass is 9.92. The van der Waals surface area contributed by atoms with Gasteiger partial charge in [-0.2, -0.15) is 0 Å². The van der Waals surface area contributed by atoms with Crippen molar-refractivity contribution in [2.24, 2.45) is 5.92 Å². The van der Waals surface area contributed by atoms with Gasteiger partial charge in [0.2, 0.25) is 11.4 Å². The molecule has 2 rings (SSSR count). The van der Waals surface area contributed by atoms with Gasteiger partial charge in [-0.1, -0.05) is 70.0 Å². The highest BCUT2D eigenvalue weighted by molar-refractivity contribution is 9.09. The van der Waals surface area contributed by atoms with Crippen LogP contribution in [0.1, 0.15) is 23.6 Å². The molecule has 0 radical (unpaired) electrons. The summed E-state index contributed by atoms with van der Waals surface area (Å²) in [6.45, 7) is 18.8. The molecule has 0 aromatic heterocycles. The molecule has 5 nitrogen and oxygen atoms in total. The third kappa shape index (κ3) is 7.05. The van der Waals surface area contributed by atoms with Crippen molar-refractivity contribution in [1.29, 1.82) is 0 Å². The molecule has 9 heteroatoms. The molecule has 2 atom stereocenters. The lowest BCUT2D eigenvalue weighted by molar-refractivity contribution is -0.145. The molecule has 0 spiro atoms. The smallest absolute Gasteiger partial charge is 0.309 e. The van der Waals surface area contributed by atoms with E-state index < -0.39 is 18.0 Å². The van der Waals surface area contributed by atoms with Gasteiger partial charge in [0.15, 0.2) is 0 Å². The first kappa shape index (κ1) is 27.6. The number of carboxylic acid groups (broad SMARTS) is 1. The number of hydrogen-bond donors (Lipinski definition) is 2. The summed E-state index contributed by atoms with van der Waals surface area (Å²) in [5.41, 5.74) is 2.21. The van der Waals surface area contributed by atoms with Crippen LogP contribution in [-0.2, 0) is 17.6 Å². The summed E-state index contributed by atoms with van der Waals surface area (Å²) in [6.07, 6.45) is 1.14. The Labute approximate surface area is 204 Å². The molecule has 0 bridgehead atoms. The van der Waals surface area contributed by atoms with Gasteiger partial charge >= 0.3 is 5.97 Å². The highest BCUT2D eigenvalue weighted by atomic mass is 79.9. The highest BCUT2D eigenvalue weighted by Crippen LogP contribution is 2.33. The predicted molar refractivity (Wildman–Crippen MR) is 129 cm³/mol. The minimum Gasteiger partial charge on any atom is -0.481 e. The number of carboxylic acids is 1. The van der Waals surface area contributed by atoms with Crippen molar-refractivity contribution in [3.8, 4) is 0 Å². The number of aliphatic hydroxyl groups is 1. The Bertz CT molecular complexity index is 1080. The van der Waals surface area contributed by atoms with Crippen LogP contribution in [0, 0.1) is 24.9 Å². The van der Waals surface area contributed by atoms with E-state index in [1.165, 1.54) is 25.1 Å². The third-order valence-corrected chi connectivity index (χ3v) is 5.76. The second-order valence-electron chi connectivity index (χ2n) is 6.59. The number of aliphatic hydroxyl groups excluding tert-OH is 1. The summed E-state index contributed by atoms with van der Waals surface area (Å²) in [6, 6.07) is 5.85. The average molecular weight is 542 g/mol. The van der Waals surface area contributed by atoms with Crippen molar-refractivity contribution in [2.45, 2.75) is 25.9 Å². The minimum absolute atomic E-state index is 0.131. The van der Waals surface area contributed by atoms with E-state index in [0.717, 1.165) is 0 Å². The largest absolute Gasteiger partial charge is 0.481 e. The number of hydrogen-bond acceptors (Lipinski definition) is 2. The summed E-state index contributed by atoms with van der Waals surface area (Å²) in [5.74, 6) is -2.35. The Morgan fingerprint density at radius 1 is 1.22 bits per heavy atom. The zero-order valence-electron chi connectivity index (χ0n) is 17.1. The molecular weight excluding hydrogens is 522 g/mol. The molecule has 0 saturated heterocycles. The van der Waals surface area contributed by atoms with Crippen LogP contribution >= 0.6 is 39.1 Å². The number of carbonyl (C=O) groups is 1. The number of benzene rings is 2. The van der Waals surface area contributed by atoms with Gasteiger partial charge in [0.25, 0.3) is 0 Å². The molecule has 0 aliphatic carbocycles. The van der Waals surface area contributed by atoms with Crippen LogP contribution in [-0.4, -0.2) is 27.6 Å². The average Bonchev–Trinajstić information content (AvgIpc) is 2.75. The zero-order chi connectivity index (χ0) is 24.4. The zero-order valence-corrected chi connectivity index (χ0v) is 20.2. The van der Waals surface area contributed by atoms with Crippen molar-refractivity contribution in [1.82, 2.24) is 0 Å². The number of nitrogens with zero attached hydrogens (tertiary/aromatic N) is 2. The van der Waals surface area contributed by atoms with Crippen molar-refractivity contribution in [2.75, 3.05) is 5.33 Å². The van der Waals surface area contributed by atoms with Gasteiger partial charge in [-0.15, -0.1) is 0 Å². The number of rotatable bonds is 7. The second kappa shape index (κ2) is 13.2. The third-order valence-electron chi connectivity index (χ3n) is 4.54. The van der Waals surface area contributed by atoms with Gasteiger partial charge in [-0.25, -0.2) is 14.1 Å². The fraction of sp³-hybridized carbons (Fsp3) is 0.261. The van der Waals surface area contributed by atoms with E-state index in [-0.39, 0.29) is 22.3 Å². The van der Waals surface area contributed by atoms with Gasteiger partial charge in [0, 0.05) is 5.33 Å². The van der Waals surface area contributed by atoms with Crippen LogP contribution in [0.3, 0.4) is 0 Å². The summed E-state index contributed by atoms with van der Waals surface area (Å²) in [5, 5.41) is 19.7. The molecule has 0 saturated carbocycles. The van der Waals surface area contributed by atoms with Gasteiger partial charge in [0.1, 0.15) is 5.82 Å². The Morgan fingerprint density at radius 2 is 1.78 bits per heavy atom. The second-order valence-corrected chi connectivity index (χ2v) is 8.14. The topological polar surface area (TPSA) is 66.2 Å². The Hall–Kier alpha value is -2.42. The molecule has 0 aliphatic rings. The number of halogens is 4. The van der Waals surface area contributed by atoms with Gasteiger partial charge in [-0.05, 0) is 42.5 Å². The number of aliphatic carboxylic acids is 1. The van der Waals surface area contributed by atoms with Crippen LogP contribution in [0.2, 0.25) is 10.0 Å². The number of alkyl halides is 1. The summed E-state index contributed by atoms with van der Waals surface area (Å²) < 4.78 is 13.1. The summed E-state index contributed by atoms with van der Waals surface area (Å²) in [7, 11) is 0. The van der Waals surface area contributed by atoms with E-state index in [0.29, 0.717) is 39.8 Å². The van der Waals surface area contributed by atoms with Gasteiger partial charge in [-0.3, -0.25) is 4.79 Å².